The highest BCUT2D eigenvalue weighted by atomic mass is 16.5. The third-order valence-electron chi connectivity index (χ3n) is 7.64. The van der Waals surface area contributed by atoms with Crippen LogP contribution in [0.4, 0.5) is 0 Å². The summed E-state index contributed by atoms with van der Waals surface area (Å²) in [6, 6.07) is 11.8. The first-order chi connectivity index (χ1) is 20.8. The van der Waals surface area contributed by atoms with Gasteiger partial charge in [-0.3, -0.25) is 9.59 Å². The number of rotatable bonds is 12. The van der Waals surface area contributed by atoms with Crippen LogP contribution in [0, 0.1) is 13.8 Å². The van der Waals surface area contributed by atoms with Crippen LogP contribution in [-0.2, 0) is 22.6 Å². The Bertz CT molecular complexity index is 1530. The van der Waals surface area contributed by atoms with E-state index in [1.54, 1.807) is 38.5 Å². The lowest BCUT2D eigenvalue weighted by molar-refractivity contribution is -0.142. The van der Waals surface area contributed by atoms with E-state index in [1.807, 2.05) is 32.0 Å². The maximum Gasteiger partial charge on any atom is 0.250 e. The first kappa shape index (κ1) is 29.9. The quantitative estimate of drug-likeness (QED) is 0.254. The molecule has 1 aromatic carbocycles. The third-order valence-corrected chi connectivity index (χ3v) is 7.64. The maximum atomic E-state index is 14.0. The molecule has 12 heteroatoms. The molecule has 1 saturated carbocycles. The fraction of sp³-hybridized carbons (Fsp3) is 0.452. The van der Waals surface area contributed by atoms with Crippen molar-refractivity contribution in [3.8, 4) is 23.1 Å². The molecular formula is C31H38N6O6. The molecule has 5 rings (SSSR count). The minimum absolute atomic E-state index is 0.0545. The van der Waals surface area contributed by atoms with Crippen LogP contribution in [0.1, 0.15) is 61.0 Å². The number of hydrogen-bond acceptors (Lipinski definition) is 9. The molecule has 0 radical (unpaired) electrons. The Balaban J connectivity index is 1.44. The summed E-state index contributed by atoms with van der Waals surface area (Å²) in [7, 11) is 3.15. The van der Waals surface area contributed by atoms with Gasteiger partial charge in [-0.05, 0) is 80.3 Å². The summed E-state index contributed by atoms with van der Waals surface area (Å²) in [6.07, 6.45) is 5.55. The van der Waals surface area contributed by atoms with E-state index < -0.39 is 6.04 Å². The summed E-state index contributed by atoms with van der Waals surface area (Å²) in [5, 5.41) is 15.7. The van der Waals surface area contributed by atoms with Crippen LogP contribution >= 0.6 is 0 Å². The van der Waals surface area contributed by atoms with Gasteiger partial charge < -0.3 is 28.5 Å². The Labute approximate surface area is 250 Å². The summed E-state index contributed by atoms with van der Waals surface area (Å²) < 4.78 is 22.4. The van der Waals surface area contributed by atoms with E-state index in [9.17, 15) is 9.59 Å². The number of ether oxygens (including phenoxy) is 2. The average molecular weight is 591 g/mol. The van der Waals surface area contributed by atoms with E-state index in [0.29, 0.717) is 41.0 Å². The number of furan rings is 2. The zero-order chi connectivity index (χ0) is 30.3. The van der Waals surface area contributed by atoms with E-state index in [-0.39, 0.29) is 36.8 Å². The van der Waals surface area contributed by atoms with Crippen LogP contribution in [0.2, 0.25) is 0 Å². The van der Waals surface area contributed by atoms with Gasteiger partial charge in [-0.1, -0.05) is 25.3 Å². The van der Waals surface area contributed by atoms with E-state index in [2.05, 4.69) is 20.7 Å². The second-order valence-electron chi connectivity index (χ2n) is 10.8. The van der Waals surface area contributed by atoms with Crippen molar-refractivity contribution in [1.29, 1.82) is 0 Å². The molecule has 1 atom stereocenters. The van der Waals surface area contributed by atoms with Gasteiger partial charge >= 0.3 is 0 Å². The number of carbonyl (C=O) groups is 2. The largest absolute Gasteiger partial charge is 0.493 e. The van der Waals surface area contributed by atoms with Gasteiger partial charge in [0.05, 0.1) is 14.2 Å². The van der Waals surface area contributed by atoms with Crippen LogP contribution in [0.15, 0.2) is 51.3 Å². The van der Waals surface area contributed by atoms with Crippen LogP contribution < -0.4 is 14.8 Å². The van der Waals surface area contributed by atoms with Crippen molar-refractivity contribution in [3.63, 3.8) is 0 Å². The fourth-order valence-corrected chi connectivity index (χ4v) is 5.41. The van der Waals surface area contributed by atoms with Gasteiger partial charge in [-0.2, -0.15) is 4.80 Å². The molecule has 1 N–H and O–H groups in total. The van der Waals surface area contributed by atoms with E-state index in [1.165, 1.54) is 9.70 Å². The predicted molar refractivity (Wildman–Crippen MR) is 156 cm³/mol. The van der Waals surface area contributed by atoms with Crippen molar-refractivity contribution >= 4 is 11.8 Å². The second kappa shape index (κ2) is 13.6. The molecule has 4 aromatic rings. The molecular weight excluding hydrogens is 552 g/mol. The molecule has 1 fully saturated rings. The van der Waals surface area contributed by atoms with Crippen molar-refractivity contribution < 1.29 is 27.9 Å². The predicted octanol–water partition coefficient (Wildman–Crippen LogP) is 4.42. The number of aryl methyl sites for hydroxylation is 2. The van der Waals surface area contributed by atoms with Crippen LogP contribution in [-0.4, -0.2) is 63.7 Å². The molecule has 0 bridgehead atoms. The first-order valence-electron chi connectivity index (χ1n) is 14.6. The monoisotopic (exact) mass is 590 g/mol. The molecule has 43 heavy (non-hydrogen) atoms. The van der Waals surface area contributed by atoms with E-state index in [4.69, 9.17) is 18.3 Å². The Morgan fingerprint density at radius 2 is 1.74 bits per heavy atom. The number of tetrazole rings is 1. The highest BCUT2D eigenvalue weighted by molar-refractivity contribution is 5.88. The third kappa shape index (κ3) is 7.25. The van der Waals surface area contributed by atoms with Gasteiger partial charge in [0.1, 0.15) is 23.8 Å². The zero-order valence-electron chi connectivity index (χ0n) is 25.0. The summed E-state index contributed by atoms with van der Waals surface area (Å²) in [5.41, 5.74) is 0.909. The molecule has 12 nitrogen and oxygen atoms in total. The Kier molecular flexibility index (Phi) is 9.43. The summed E-state index contributed by atoms with van der Waals surface area (Å²) in [5.74, 6) is 3.03. The van der Waals surface area contributed by atoms with Crippen LogP contribution in [0.25, 0.3) is 11.6 Å². The number of nitrogens with one attached hydrogen (secondary N) is 1. The smallest absolute Gasteiger partial charge is 0.250 e. The molecule has 228 valence electrons. The van der Waals surface area contributed by atoms with E-state index >= 15 is 0 Å². The molecule has 3 heterocycles. The number of nitrogens with zero attached hydrogens (tertiary/aromatic N) is 5. The van der Waals surface area contributed by atoms with Crippen LogP contribution in [0.3, 0.4) is 0 Å². The molecule has 0 saturated heterocycles. The molecule has 3 aromatic heterocycles. The molecule has 1 aliphatic carbocycles. The van der Waals surface area contributed by atoms with Crippen molar-refractivity contribution in [2.24, 2.45) is 0 Å². The number of hydrogen-bond donors (Lipinski definition) is 1. The van der Waals surface area contributed by atoms with Crippen molar-refractivity contribution in [1.82, 2.24) is 30.4 Å². The summed E-state index contributed by atoms with van der Waals surface area (Å²) in [6.45, 7) is 3.62. The van der Waals surface area contributed by atoms with Gasteiger partial charge in [-0.15, -0.1) is 10.2 Å². The zero-order valence-corrected chi connectivity index (χ0v) is 25.0. The second-order valence-corrected chi connectivity index (χ2v) is 10.8. The standard InChI is InChI=1S/C31H38N6O6/c1-20-10-13-25(42-20)29(31(39)32-23-8-6-5-7-9-23)36(17-16-22-12-15-24(40-3)27(18-22)41-4)28(38)19-37-34-30(33-35-37)26-14-11-21(2)43-26/h10-15,18,23,29H,5-9,16-17,19H2,1-4H3,(H,32,39)/t29-/m0/s1. The summed E-state index contributed by atoms with van der Waals surface area (Å²) in [4.78, 5) is 30.7. The van der Waals surface area contributed by atoms with E-state index in [0.717, 1.165) is 37.7 Å². The molecule has 0 aliphatic heterocycles. The van der Waals surface area contributed by atoms with Crippen LogP contribution in [0.5, 0.6) is 11.5 Å². The van der Waals surface area contributed by atoms with Crippen molar-refractivity contribution in [2.45, 2.75) is 71.0 Å². The first-order valence-corrected chi connectivity index (χ1v) is 14.6. The van der Waals surface area contributed by atoms with Crippen molar-refractivity contribution in [3.05, 3.63) is 65.3 Å². The number of aromatic nitrogens is 4. The van der Waals surface area contributed by atoms with Gasteiger partial charge in [-0.25, -0.2) is 0 Å². The van der Waals surface area contributed by atoms with Gasteiger partial charge in [0.2, 0.25) is 11.7 Å². The van der Waals surface area contributed by atoms with Crippen molar-refractivity contribution in [2.75, 3.05) is 20.8 Å². The fourth-order valence-electron chi connectivity index (χ4n) is 5.41. The average Bonchev–Trinajstić information content (AvgIpc) is 3.76. The highest BCUT2D eigenvalue weighted by Crippen LogP contribution is 2.30. The normalized spacial score (nSPS) is 14.3. The minimum atomic E-state index is -0.987. The number of amides is 2. The Morgan fingerprint density at radius 3 is 2.42 bits per heavy atom. The lowest BCUT2D eigenvalue weighted by atomic mass is 9.95. The molecule has 1 aliphatic rings. The highest BCUT2D eigenvalue weighted by Gasteiger charge is 2.35. The number of carbonyl (C=O) groups excluding carboxylic acids is 2. The molecule has 0 spiro atoms. The SMILES string of the molecule is COc1ccc(CCN(C(=O)Cn2nnc(-c3ccc(C)o3)n2)[C@H](C(=O)NC2CCCCC2)c2ccc(C)o2)cc1OC. The maximum absolute atomic E-state index is 14.0. The topological polar surface area (TPSA) is 138 Å². The van der Waals surface area contributed by atoms with Gasteiger partial charge in [0, 0.05) is 12.6 Å². The van der Waals surface area contributed by atoms with Gasteiger partial charge in [0.15, 0.2) is 23.3 Å². The van der Waals surface area contributed by atoms with Gasteiger partial charge in [0.25, 0.3) is 5.91 Å². The molecule has 2 amide bonds. The number of methoxy groups -OCH3 is 2. The number of benzene rings is 1. The Hall–Kier alpha value is -4.61. The summed E-state index contributed by atoms with van der Waals surface area (Å²) >= 11 is 0. The minimum Gasteiger partial charge on any atom is -0.493 e. The lowest BCUT2D eigenvalue weighted by Gasteiger charge is -2.32. The Morgan fingerprint density at radius 1 is 1.00 bits per heavy atom. The molecule has 0 unspecified atom stereocenters. The lowest BCUT2D eigenvalue weighted by Crippen LogP contribution is -2.48.